The van der Waals surface area contributed by atoms with Gasteiger partial charge in [0.1, 0.15) is 5.82 Å². The van der Waals surface area contributed by atoms with Crippen molar-refractivity contribution in [2.75, 3.05) is 11.9 Å². The predicted molar refractivity (Wildman–Crippen MR) is 84.5 cm³/mol. The summed E-state index contributed by atoms with van der Waals surface area (Å²) in [5.41, 5.74) is 1.02. The molecule has 110 valence electrons. The van der Waals surface area contributed by atoms with E-state index >= 15 is 0 Å². The monoisotopic (exact) mass is 340 g/mol. The summed E-state index contributed by atoms with van der Waals surface area (Å²) in [7, 11) is 0. The average Bonchev–Trinajstić information content (AvgIpc) is 2.96. The maximum atomic E-state index is 13.2. The lowest BCUT2D eigenvalue weighted by atomic mass is 9.79. The Balaban J connectivity index is 1.72. The zero-order valence-corrected chi connectivity index (χ0v) is 13.3. The molecule has 1 saturated carbocycles. The van der Waals surface area contributed by atoms with Crippen LogP contribution < -0.4 is 10.6 Å². The van der Waals surface area contributed by atoms with Crippen molar-refractivity contribution in [2.24, 2.45) is 5.92 Å². The Morgan fingerprint density at radius 3 is 2.75 bits per heavy atom. The molecular weight excluding hydrogens is 319 g/mol. The Kier molecular flexibility index (Phi) is 4.61. The summed E-state index contributed by atoms with van der Waals surface area (Å²) in [6.07, 6.45) is 7.74. The van der Waals surface area contributed by atoms with Gasteiger partial charge in [0.25, 0.3) is 0 Å². The van der Waals surface area contributed by atoms with E-state index in [0.29, 0.717) is 18.0 Å². The Morgan fingerprint density at radius 1 is 1.15 bits per heavy atom. The van der Waals surface area contributed by atoms with Gasteiger partial charge >= 0.3 is 0 Å². The molecule has 1 saturated heterocycles. The smallest absolute Gasteiger partial charge is 0.124 e. The number of rotatable bonds is 3. The lowest BCUT2D eigenvalue weighted by molar-refractivity contribution is 0.262. The fourth-order valence-corrected chi connectivity index (χ4v) is 4.17. The van der Waals surface area contributed by atoms with Crippen molar-refractivity contribution < 1.29 is 4.39 Å². The molecule has 4 heteroatoms. The number of hydrogen-bond donors (Lipinski definition) is 2. The van der Waals surface area contributed by atoms with E-state index in [9.17, 15) is 4.39 Å². The van der Waals surface area contributed by atoms with Crippen LogP contribution in [0, 0.1) is 11.7 Å². The van der Waals surface area contributed by atoms with Gasteiger partial charge in [-0.2, -0.15) is 0 Å². The Bertz CT molecular complexity index is 460. The highest BCUT2D eigenvalue weighted by Gasteiger charge is 2.33. The fraction of sp³-hybridized carbons (Fsp3) is 0.625. The summed E-state index contributed by atoms with van der Waals surface area (Å²) >= 11 is 3.46. The minimum Gasteiger partial charge on any atom is -0.381 e. The molecule has 1 aromatic rings. The largest absolute Gasteiger partial charge is 0.381 e. The van der Waals surface area contributed by atoms with E-state index in [-0.39, 0.29) is 5.82 Å². The van der Waals surface area contributed by atoms with Gasteiger partial charge in [-0.25, -0.2) is 4.39 Å². The predicted octanol–water partition coefficient (Wildman–Crippen LogP) is 4.31. The van der Waals surface area contributed by atoms with E-state index < -0.39 is 0 Å². The number of nitrogens with one attached hydrogen (secondary N) is 2. The van der Waals surface area contributed by atoms with Gasteiger partial charge in [-0.05, 0) is 72.3 Å². The van der Waals surface area contributed by atoms with Crippen molar-refractivity contribution in [1.29, 1.82) is 0 Å². The SMILES string of the molecule is Fc1ccc(NC2CCCCC2C2CCCN2)c(Br)c1. The Hall–Kier alpha value is -0.610. The summed E-state index contributed by atoms with van der Waals surface area (Å²) in [6.45, 7) is 1.16. The second-order valence-corrected chi connectivity index (χ2v) is 6.88. The van der Waals surface area contributed by atoms with Crippen LogP contribution >= 0.6 is 15.9 Å². The van der Waals surface area contributed by atoms with Gasteiger partial charge in [-0.15, -0.1) is 0 Å². The van der Waals surface area contributed by atoms with Crippen LogP contribution in [0.1, 0.15) is 38.5 Å². The zero-order valence-electron chi connectivity index (χ0n) is 11.7. The molecule has 2 nitrogen and oxygen atoms in total. The first kappa shape index (κ1) is 14.3. The molecular formula is C16H22BrFN2. The van der Waals surface area contributed by atoms with Crippen molar-refractivity contribution in [1.82, 2.24) is 5.32 Å². The first-order chi connectivity index (χ1) is 9.74. The minimum atomic E-state index is -0.194. The Morgan fingerprint density at radius 2 is 2.00 bits per heavy atom. The molecule has 0 bridgehead atoms. The summed E-state index contributed by atoms with van der Waals surface area (Å²) in [5, 5.41) is 7.30. The van der Waals surface area contributed by atoms with Crippen molar-refractivity contribution in [3.8, 4) is 0 Å². The second kappa shape index (κ2) is 6.44. The van der Waals surface area contributed by atoms with E-state index in [0.717, 1.165) is 16.7 Å². The molecule has 2 fully saturated rings. The van der Waals surface area contributed by atoms with Crippen LogP contribution in [0.2, 0.25) is 0 Å². The first-order valence-electron chi connectivity index (χ1n) is 7.69. The quantitative estimate of drug-likeness (QED) is 0.856. The van der Waals surface area contributed by atoms with E-state index in [1.54, 1.807) is 0 Å². The average molecular weight is 341 g/mol. The second-order valence-electron chi connectivity index (χ2n) is 6.03. The third kappa shape index (κ3) is 3.17. The van der Waals surface area contributed by atoms with E-state index in [1.807, 2.05) is 6.07 Å². The van der Waals surface area contributed by atoms with Gasteiger partial charge in [0.2, 0.25) is 0 Å². The van der Waals surface area contributed by atoms with Crippen LogP contribution in [-0.2, 0) is 0 Å². The van der Waals surface area contributed by atoms with Crippen LogP contribution in [0.3, 0.4) is 0 Å². The number of anilines is 1. The van der Waals surface area contributed by atoms with Crippen LogP contribution in [-0.4, -0.2) is 18.6 Å². The minimum absolute atomic E-state index is 0.194. The van der Waals surface area contributed by atoms with Crippen LogP contribution in [0.25, 0.3) is 0 Å². The van der Waals surface area contributed by atoms with Gasteiger partial charge in [0.15, 0.2) is 0 Å². The van der Waals surface area contributed by atoms with Crippen molar-refractivity contribution >= 4 is 21.6 Å². The normalized spacial score (nSPS) is 30.4. The van der Waals surface area contributed by atoms with Crippen LogP contribution in [0.5, 0.6) is 0 Å². The molecule has 20 heavy (non-hydrogen) atoms. The molecule has 3 rings (SSSR count). The molecule has 1 aliphatic carbocycles. The molecule has 1 heterocycles. The first-order valence-corrected chi connectivity index (χ1v) is 8.48. The summed E-state index contributed by atoms with van der Waals surface area (Å²) in [5.74, 6) is 0.503. The summed E-state index contributed by atoms with van der Waals surface area (Å²) in [4.78, 5) is 0. The van der Waals surface area contributed by atoms with Crippen molar-refractivity contribution in [3.63, 3.8) is 0 Å². The topological polar surface area (TPSA) is 24.1 Å². The molecule has 0 spiro atoms. The van der Waals surface area contributed by atoms with Gasteiger partial charge in [-0.3, -0.25) is 0 Å². The van der Waals surface area contributed by atoms with Crippen molar-refractivity contribution in [3.05, 3.63) is 28.5 Å². The maximum Gasteiger partial charge on any atom is 0.124 e. The van der Waals surface area contributed by atoms with Gasteiger partial charge in [0, 0.05) is 22.2 Å². The molecule has 0 radical (unpaired) electrons. The number of benzene rings is 1. The Labute approximate surface area is 128 Å². The molecule has 0 aromatic heterocycles. The molecule has 2 aliphatic rings. The summed E-state index contributed by atoms with van der Waals surface area (Å²) in [6, 6.07) is 6.06. The highest BCUT2D eigenvalue weighted by molar-refractivity contribution is 9.10. The third-order valence-electron chi connectivity index (χ3n) is 4.71. The maximum absolute atomic E-state index is 13.2. The molecule has 1 aromatic carbocycles. The van der Waals surface area contributed by atoms with Crippen LogP contribution in [0.15, 0.2) is 22.7 Å². The molecule has 2 N–H and O–H groups in total. The van der Waals surface area contributed by atoms with E-state index in [2.05, 4.69) is 26.6 Å². The van der Waals surface area contributed by atoms with Gasteiger partial charge in [0.05, 0.1) is 0 Å². The summed E-state index contributed by atoms with van der Waals surface area (Å²) < 4.78 is 14.0. The lowest BCUT2D eigenvalue weighted by Gasteiger charge is -2.37. The van der Waals surface area contributed by atoms with Gasteiger partial charge in [-0.1, -0.05) is 12.8 Å². The number of halogens is 2. The van der Waals surface area contributed by atoms with E-state index in [4.69, 9.17) is 0 Å². The molecule has 0 amide bonds. The number of hydrogen-bond acceptors (Lipinski definition) is 2. The fourth-order valence-electron chi connectivity index (χ4n) is 3.70. The van der Waals surface area contributed by atoms with Crippen LogP contribution in [0.4, 0.5) is 10.1 Å². The highest BCUT2D eigenvalue weighted by atomic mass is 79.9. The molecule has 3 atom stereocenters. The van der Waals surface area contributed by atoms with E-state index in [1.165, 1.54) is 50.7 Å². The zero-order chi connectivity index (χ0) is 13.9. The highest BCUT2D eigenvalue weighted by Crippen LogP contribution is 2.34. The van der Waals surface area contributed by atoms with Gasteiger partial charge < -0.3 is 10.6 Å². The van der Waals surface area contributed by atoms with Crippen molar-refractivity contribution in [2.45, 2.75) is 50.6 Å². The standard InChI is InChI=1S/C16H22BrFN2/c17-13-10-11(18)7-8-16(13)20-15-5-2-1-4-12(15)14-6-3-9-19-14/h7-8,10,12,14-15,19-20H,1-6,9H2. The molecule has 3 unspecified atom stereocenters. The lowest BCUT2D eigenvalue weighted by Crippen LogP contribution is -2.43. The molecule has 1 aliphatic heterocycles. The third-order valence-corrected chi connectivity index (χ3v) is 5.36.